The first-order valence-corrected chi connectivity index (χ1v) is 7.83. The standard InChI is InChI=1S/C16H20F3N3O/c17-16(18,19)23-14-7-2-1-6-11(14)12-8-13(12)22-15(20)21-9-10-4-3-5-10/h1-2,6-7,10,12-13H,3-5,8-9H2,(H3,20,21,22). The molecule has 7 heteroatoms. The largest absolute Gasteiger partial charge is 0.573 e. The Morgan fingerprint density at radius 2 is 2.04 bits per heavy atom. The molecule has 2 aliphatic rings. The van der Waals surface area contributed by atoms with Crippen molar-refractivity contribution in [2.75, 3.05) is 6.54 Å². The van der Waals surface area contributed by atoms with Gasteiger partial charge in [0.05, 0.1) is 0 Å². The van der Waals surface area contributed by atoms with Crippen LogP contribution in [0.4, 0.5) is 13.2 Å². The highest BCUT2D eigenvalue weighted by molar-refractivity contribution is 5.78. The molecule has 2 unspecified atom stereocenters. The van der Waals surface area contributed by atoms with E-state index in [1.807, 2.05) is 0 Å². The lowest BCUT2D eigenvalue weighted by atomic mass is 9.86. The fraction of sp³-hybridized carbons (Fsp3) is 0.562. The maximum absolute atomic E-state index is 12.5. The minimum absolute atomic E-state index is 0.0122. The number of ether oxygens (including phenoxy) is 1. The summed E-state index contributed by atoms with van der Waals surface area (Å²) in [6.07, 6.45) is -0.306. The summed E-state index contributed by atoms with van der Waals surface area (Å²) in [5.41, 5.74) is 6.40. The third kappa shape index (κ3) is 4.30. The SMILES string of the molecule is NC(=NCC1CCC1)NC1CC1c1ccccc1OC(F)(F)F. The van der Waals surface area contributed by atoms with Crippen molar-refractivity contribution in [3.05, 3.63) is 29.8 Å². The zero-order chi connectivity index (χ0) is 16.4. The van der Waals surface area contributed by atoms with Gasteiger partial charge in [0.2, 0.25) is 0 Å². The van der Waals surface area contributed by atoms with E-state index in [4.69, 9.17) is 5.73 Å². The second kappa shape index (κ2) is 6.29. The molecule has 0 amide bonds. The van der Waals surface area contributed by atoms with Crippen molar-refractivity contribution in [2.45, 2.75) is 44.0 Å². The molecule has 2 saturated carbocycles. The van der Waals surface area contributed by atoms with Gasteiger partial charge in [-0.1, -0.05) is 24.6 Å². The van der Waals surface area contributed by atoms with Crippen molar-refractivity contribution in [3.63, 3.8) is 0 Å². The number of halogens is 3. The fourth-order valence-corrected chi connectivity index (χ4v) is 2.84. The number of alkyl halides is 3. The van der Waals surface area contributed by atoms with Gasteiger partial charge in [-0.25, -0.2) is 0 Å². The van der Waals surface area contributed by atoms with Gasteiger partial charge in [-0.2, -0.15) is 0 Å². The van der Waals surface area contributed by atoms with E-state index >= 15 is 0 Å². The Labute approximate surface area is 132 Å². The van der Waals surface area contributed by atoms with Crippen LogP contribution in [0.25, 0.3) is 0 Å². The molecule has 0 bridgehead atoms. The van der Waals surface area contributed by atoms with Gasteiger partial charge in [-0.05, 0) is 36.8 Å². The highest BCUT2D eigenvalue weighted by Crippen LogP contribution is 2.45. The van der Waals surface area contributed by atoms with Crippen molar-refractivity contribution in [3.8, 4) is 5.75 Å². The van der Waals surface area contributed by atoms with E-state index in [1.54, 1.807) is 12.1 Å². The van der Waals surface area contributed by atoms with Crippen molar-refractivity contribution in [2.24, 2.45) is 16.6 Å². The molecule has 0 aromatic heterocycles. The molecule has 0 heterocycles. The van der Waals surface area contributed by atoms with E-state index in [0.29, 0.717) is 17.4 Å². The number of hydrogen-bond acceptors (Lipinski definition) is 2. The molecule has 2 aliphatic carbocycles. The van der Waals surface area contributed by atoms with E-state index in [-0.39, 0.29) is 17.7 Å². The van der Waals surface area contributed by atoms with Gasteiger partial charge in [-0.3, -0.25) is 4.99 Å². The van der Waals surface area contributed by atoms with Crippen molar-refractivity contribution < 1.29 is 17.9 Å². The lowest BCUT2D eigenvalue weighted by molar-refractivity contribution is -0.274. The summed E-state index contributed by atoms with van der Waals surface area (Å²) in [7, 11) is 0. The molecule has 0 saturated heterocycles. The number of nitrogens with zero attached hydrogens (tertiary/aromatic N) is 1. The van der Waals surface area contributed by atoms with Crippen LogP contribution in [0.5, 0.6) is 5.75 Å². The molecule has 2 atom stereocenters. The van der Waals surface area contributed by atoms with E-state index in [9.17, 15) is 13.2 Å². The van der Waals surface area contributed by atoms with E-state index in [0.717, 1.165) is 13.0 Å². The summed E-state index contributed by atoms with van der Waals surface area (Å²) in [5.74, 6) is 0.829. The van der Waals surface area contributed by atoms with Crippen LogP contribution in [-0.2, 0) is 0 Å². The van der Waals surface area contributed by atoms with E-state index < -0.39 is 6.36 Å². The van der Waals surface area contributed by atoms with Gasteiger partial charge in [0.15, 0.2) is 5.96 Å². The van der Waals surface area contributed by atoms with Gasteiger partial charge in [0.25, 0.3) is 0 Å². The topological polar surface area (TPSA) is 59.6 Å². The summed E-state index contributed by atoms with van der Waals surface area (Å²) in [4.78, 5) is 4.31. The number of aliphatic imine (C=N–C) groups is 1. The van der Waals surface area contributed by atoms with Gasteiger partial charge in [0.1, 0.15) is 5.75 Å². The smallest absolute Gasteiger partial charge is 0.405 e. The van der Waals surface area contributed by atoms with Crippen LogP contribution in [0.3, 0.4) is 0 Å². The molecule has 3 rings (SSSR count). The number of nitrogens with one attached hydrogen (secondary N) is 1. The molecular weight excluding hydrogens is 307 g/mol. The number of hydrogen-bond donors (Lipinski definition) is 2. The highest BCUT2D eigenvalue weighted by atomic mass is 19.4. The molecular formula is C16H20F3N3O. The monoisotopic (exact) mass is 327 g/mol. The van der Waals surface area contributed by atoms with E-state index in [2.05, 4.69) is 15.0 Å². The highest BCUT2D eigenvalue weighted by Gasteiger charge is 2.42. The van der Waals surface area contributed by atoms with Crippen LogP contribution in [-0.4, -0.2) is 24.9 Å². The van der Waals surface area contributed by atoms with Crippen LogP contribution in [0.1, 0.15) is 37.2 Å². The Balaban J connectivity index is 1.57. The zero-order valence-corrected chi connectivity index (χ0v) is 12.6. The number of nitrogens with two attached hydrogens (primary N) is 1. The van der Waals surface area contributed by atoms with Crippen LogP contribution in [0.2, 0.25) is 0 Å². The predicted octanol–water partition coefficient (Wildman–Crippen LogP) is 3.15. The first-order valence-electron chi connectivity index (χ1n) is 7.83. The third-order valence-electron chi connectivity index (χ3n) is 4.41. The molecule has 1 aromatic rings. The summed E-state index contributed by atoms with van der Waals surface area (Å²) < 4.78 is 41.5. The van der Waals surface area contributed by atoms with Gasteiger partial charge in [0, 0.05) is 18.5 Å². The first kappa shape index (κ1) is 16.0. The minimum atomic E-state index is -4.68. The Morgan fingerprint density at radius 1 is 1.30 bits per heavy atom. The Bertz CT molecular complexity index is 584. The number of guanidine groups is 1. The fourth-order valence-electron chi connectivity index (χ4n) is 2.84. The second-order valence-corrected chi connectivity index (χ2v) is 6.20. The first-order chi connectivity index (χ1) is 10.9. The van der Waals surface area contributed by atoms with Crippen molar-refractivity contribution in [1.82, 2.24) is 5.32 Å². The summed E-state index contributed by atoms with van der Waals surface area (Å²) in [5, 5.41) is 3.09. The molecule has 0 radical (unpaired) electrons. The molecule has 4 nitrogen and oxygen atoms in total. The molecule has 126 valence electrons. The van der Waals surface area contributed by atoms with Crippen LogP contribution >= 0.6 is 0 Å². The predicted molar refractivity (Wildman–Crippen MR) is 81.2 cm³/mol. The van der Waals surface area contributed by atoms with Gasteiger partial charge in [-0.15, -0.1) is 13.2 Å². The van der Waals surface area contributed by atoms with Crippen molar-refractivity contribution in [1.29, 1.82) is 0 Å². The summed E-state index contributed by atoms with van der Waals surface area (Å²) in [6, 6.07) is 6.26. The van der Waals surface area contributed by atoms with Gasteiger partial charge < -0.3 is 15.8 Å². The number of rotatable bonds is 5. The van der Waals surface area contributed by atoms with Crippen LogP contribution < -0.4 is 15.8 Å². The Hall–Kier alpha value is -1.92. The Morgan fingerprint density at radius 3 is 2.70 bits per heavy atom. The quantitative estimate of drug-likeness (QED) is 0.645. The Kier molecular flexibility index (Phi) is 4.37. The average Bonchev–Trinajstić information content (AvgIpc) is 3.14. The zero-order valence-electron chi connectivity index (χ0n) is 12.6. The lowest BCUT2D eigenvalue weighted by Gasteiger charge is -2.23. The molecule has 1 aromatic carbocycles. The molecule has 0 spiro atoms. The van der Waals surface area contributed by atoms with Crippen molar-refractivity contribution >= 4 is 5.96 Å². The third-order valence-corrected chi connectivity index (χ3v) is 4.41. The molecule has 3 N–H and O–H groups in total. The minimum Gasteiger partial charge on any atom is -0.405 e. The molecule has 23 heavy (non-hydrogen) atoms. The maximum atomic E-state index is 12.5. The van der Waals surface area contributed by atoms with Gasteiger partial charge >= 0.3 is 6.36 Å². The summed E-state index contributed by atoms with van der Waals surface area (Å²) >= 11 is 0. The van der Waals surface area contributed by atoms with E-state index in [1.165, 1.54) is 31.4 Å². The maximum Gasteiger partial charge on any atom is 0.573 e. The molecule has 0 aliphatic heterocycles. The normalized spacial score (nSPS) is 24.9. The average molecular weight is 327 g/mol. The number of benzene rings is 1. The lowest BCUT2D eigenvalue weighted by Crippen LogP contribution is -2.35. The second-order valence-electron chi connectivity index (χ2n) is 6.20. The summed E-state index contributed by atoms with van der Waals surface area (Å²) in [6.45, 7) is 0.726. The molecule has 2 fully saturated rings. The van der Waals surface area contributed by atoms with Crippen LogP contribution in [0.15, 0.2) is 29.3 Å². The van der Waals surface area contributed by atoms with Crippen LogP contribution in [0, 0.1) is 5.92 Å². The number of para-hydroxylation sites is 1.